The van der Waals surface area contributed by atoms with Gasteiger partial charge in [-0.25, -0.2) is 4.98 Å². The van der Waals surface area contributed by atoms with Gasteiger partial charge in [0.1, 0.15) is 5.41 Å². The lowest BCUT2D eigenvalue weighted by Gasteiger charge is -2.32. The van der Waals surface area contributed by atoms with Crippen molar-refractivity contribution in [1.29, 1.82) is 5.26 Å². The number of hydrogen-bond donors (Lipinski definition) is 1. The molecule has 0 radical (unpaired) electrons. The van der Waals surface area contributed by atoms with E-state index in [-0.39, 0.29) is 5.91 Å². The van der Waals surface area contributed by atoms with Gasteiger partial charge in [-0.15, -0.1) is 11.3 Å². The van der Waals surface area contributed by atoms with E-state index < -0.39 is 5.41 Å². The maximum atomic E-state index is 12.0. The summed E-state index contributed by atoms with van der Waals surface area (Å²) in [4.78, 5) is 17.7. The average Bonchev–Trinajstić information content (AvgIpc) is 2.76. The molecule has 1 heterocycles. The third kappa shape index (κ3) is 1.64. The van der Waals surface area contributed by atoms with Crippen molar-refractivity contribution >= 4 is 22.4 Å². The van der Waals surface area contributed by atoms with E-state index in [0.29, 0.717) is 18.0 Å². The molecule has 0 unspecified atom stereocenters. The molecule has 2 aliphatic rings. The SMILES string of the molecule is N#CC1(C(=O)Nc2nc3c(s2)CCC3)CCC1. The minimum absolute atomic E-state index is 0.168. The molecule has 1 fully saturated rings. The van der Waals surface area contributed by atoms with Crippen LogP contribution in [0.25, 0.3) is 0 Å². The van der Waals surface area contributed by atoms with Crippen LogP contribution in [-0.4, -0.2) is 10.9 Å². The van der Waals surface area contributed by atoms with Gasteiger partial charge in [-0.1, -0.05) is 0 Å². The summed E-state index contributed by atoms with van der Waals surface area (Å²) in [5.41, 5.74) is 0.348. The zero-order valence-electron chi connectivity index (χ0n) is 9.45. The molecule has 1 amide bonds. The number of rotatable bonds is 2. The highest BCUT2D eigenvalue weighted by molar-refractivity contribution is 7.15. The number of aromatic nitrogens is 1. The number of amides is 1. The summed E-state index contributed by atoms with van der Waals surface area (Å²) in [7, 11) is 0. The Morgan fingerprint density at radius 3 is 2.82 bits per heavy atom. The van der Waals surface area contributed by atoms with E-state index in [1.165, 1.54) is 11.3 Å². The highest BCUT2D eigenvalue weighted by atomic mass is 32.1. The number of nitriles is 1. The summed E-state index contributed by atoms with van der Waals surface area (Å²) >= 11 is 1.56. The van der Waals surface area contributed by atoms with Crippen LogP contribution in [0.1, 0.15) is 36.3 Å². The summed E-state index contributed by atoms with van der Waals surface area (Å²) in [5.74, 6) is -0.168. The van der Waals surface area contributed by atoms with Crippen LogP contribution in [0.4, 0.5) is 5.13 Å². The Balaban J connectivity index is 1.74. The molecule has 5 heteroatoms. The highest BCUT2D eigenvalue weighted by Crippen LogP contribution is 2.41. The predicted octanol–water partition coefficient (Wildman–Crippen LogP) is 2.26. The molecular weight excluding hydrogens is 234 g/mol. The second kappa shape index (κ2) is 3.81. The summed E-state index contributed by atoms with van der Waals surface area (Å²) in [6, 6.07) is 2.15. The van der Waals surface area contributed by atoms with Crippen molar-refractivity contribution < 1.29 is 4.79 Å². The predicted molar refractivity (Wildman–Crippen MR) is 64.7 cm³/mol. The van der Waals surface area contributed by atoms with Crippen LogP contribution in [0, 0.1) is 16.7 Å². The Hall–Kier alpha value is -1.41. The van der Waals surface area contributed by atoms with E-state index in [4.69, 9.17) is 5.26 Å². The van der Waals surface area contributed by atoms with Crippen molar-refractivity contribution in [2.75, 3.05) is 5.32 Å². The molecule has 17 heavy (non-hydrogen) atoms. The first-order chi connectivity index (χ1) is 8.23. The van der Waals surface area contributed by atoms with E-state index >= 15 is 0 Å². The Labute approximate surface area is 104 Å². The highest BCUT2D eigenvalue weighted by Gasteiger charge is 2.45. The summed E-state index contributed by atoms with van der Waals surface area (Å²) in [5, 5.41) is 12.6. The van der Waals surface area contributed by atoms with Crippen LogP contribution in [0.15, 0.2) is 0 Å². The molecule has 1 aromatic heterocycles. The molecule has 0 aromatic carbocycles. The Morgan fingerprint density at radius 2 is 2.24 bits per heavy atom. The Kier molecular flexibility index (Phi) is 2.40. The quantitative estimate of drug-likeness (QED) is 0.871. The Bertz CT molecular complexity index is 489. The zero-order chi connectivity index (χ0) is 11.9. The van der Waals surface area contributed by atoms with E-state index in [9.17, 15) is 4.79 Å². The molecule has 2 aliphatic carbocycles. The second-order valence-corrected chi connectivity index (χ2v) is 5.83. The molecule has 0 bridgehead atoms. The van der Waals surface area contributed by atoms with Crippen molar-refractivity contribution in [3.05, 3.63) is 10.6 Å². The van der Waals surface area contributed by atoms with E-state index in [0.717, 1.165) is 25.0 Å². The van der Waals surface area contributed by atoms with Gasteiger partial charge in [-0.05, 0) is 38.5 Å². The van der Waals surface area contributed by atoms with Crippen LogP contribution in [0.2, 0.25) is 0 Å². The van der Waals surface area contributed by atoms with Crippen LogP contribution in [-0.2, 0) is 17.6 Å². The molecule has 0 spiro atoms. The van der Waals surface area contributed by atoms with E-state index in [2.05, 4.69) is 16.4 Å². The summed E-state index contributed by atoms with van der Waals surface area (Å²) < 4.78 is 0. The van der Waals surface area contributed by atoms with E-state index in [1.54, 1.807) is 11.3 Å². The molecule has 0 aliphatic heterocycles. The molecule has 1 aromatic rings. The maximum Gasteiger partial charge on any atom is 0.246 e. The molecule has 4 nitrogen and oxygen atoms in total. The van der Waals surface area contributed by atoms with Gasteiger partial charge in [0.15, 0.2) is 5.13 Å². The number of anilines is 1. The van der Waals surface area contributed by atoms with Gasteiger partial charge in [0.25, 0.3) is 0 Å². The Morgan fingerprint density at radius 1 is 1.41 bits per heavy atom. The van der Waals surface area contributed by atoms with Crippen molar-refractivity contribution in [2.45, 2.75) is 38.5 Å². The van der Waals surface area contributed by atoms with Crippen molar-refractivity contribution in [3.63, 3.8) is 0 Å². The van der Waals surface area contributed by atoms with Crippen LogP contribution in [0.3, 0.4) is 0 Å². The molecular formula is C12H13N3OS. The fourth-order valence-electron chi connectivity index (χ4n) is 2.38. The first-order valence-electron chi connectivity index (χ1n) is 5.95. The van der Waals surface area contributed by atoms with Crippen molar-refractivity contribution in [2.24, 2.45) is 5.41 Å². The monoisotopic (exact) mass is 247 g/mol. The van der Waals surface area contributed by atoms with Gasteiger partial charge in [0.2, 0.25) is 5.91 Å². The van der Waals surface area contributed by atoms with Gasteiger partial charge >= 0.3 is 0 Å². The number of nitrogens with one attached hydrogen (secondary N) is 1. The summed E-state index contributed by atoms with van der Waals surface area (Å²) in [6.45, 7) is 0. The lowest BCUT2D eigenvalue weighted by molar-refractivity contribution is -0.126. The van der Waals surface area contributed by atoms with Crippen LogP contribution >= 0.6 is 11.3 Å². The second-order valence-electron chi connectivity index (χ2n) is 4.74. The van der Waals surface area contributed by atoms with Crippen molar-refractivity contribution in [3.8, 4) is 6.07 Å². The number of fused-ring (bicyclic) bond motifs is 1. The number of carbonyl (C=O) groups is 1. The standard InChI is InChI=1S/C12H13N3OS/c13-7-12(5-2-6-12)10(16)15-11-14-8-3-1-4-9(8)17-11/h1-6H2,(H,14,15,16). The largest absolute Gasteiger partial charge is 0.301 e. The minimum Gasteiger partial charge on any atom is -0.301 e. The molecule has 0 saturated heterocycles. The first kappa shape index (κ1) is 10.7. The van der Waals surface area contributed by atoms with Crippen molar-refractivity contribution in [1.82, 2.24) is 4.98 Å². The molecule has 1 saturated carbocycles. The topological polar surface area (TPSA) is 65.8 Å². The van der Waals surface area contributed by atoms with Gasteiger partial charge in [-0.3, -0.25) is 4.79 Å². The normalized spacial score (nSPS) is 20.2. The third-order valence-electron chi connectivity index (χ3n) is 3.67. The van der Waals surface area contributed by atoms with Gasteiger partial charge < -0.3 is 5.32 Å². The number of carbonyl (C=O) groups excluding carboxylic acids is 1. The lowest BCUT2D eigenvalue weighted by atomic mass is 9.69. The van der Waals surface area contributed by atoms with Crippen LogP contribution in [0.5, 0.6) is 0 Å². The zero-order valence-corrected chi connectivity index (χ0v) is 10.3. The molecule has 88 valence electrons. The maximum absolute atomic E-state index is 12.0. The van der Waals surface area contributed by atoms with Gasteiger partial charge in [0.05, 0.1) is 11.8 Å². The van der Waals surface area contributed by atoms with E-state index in [1.807, 2.05) is 0 Å². The smallest absolute Gasteiger partial charge is 0.246 e. The molecule has 3 rings (SSSR count). The number of nitrogens with zero attached hydrogens (tertiary/aromatic N) is 2. The number of aryl methyl sites for hydroxylation is 2. The lowest BCUT2D eigenvalue weighted by Crippen LogP contribution is -2.40. The number of hydrogen-bond acceptors (Lipinski definition) is 4. The average molecular weight is 247 g/mol. The third-order valence-corrected chi connectivity index (χ3v) is 4.74. The summed E-state index contributed by atoms with van der Waals surface area (Å²) in [6.07, 6.45) is 5.60. The first-order valence-corrected chi connectivity index (χ1v) is 6.76. The fourth-order valence-corrected chi connectivity index (χ4v) is 3.43. The number of thiazole rings is 1. The van der Waals surface area contributed by atoms with Gasteiger partial charge in [0, 0.05) is 4.88 Å². The minimum atomic E-state index is -0.782. The van der Waals surface area contributed by atoms with Gasteiger partial charge in [-0.2, -0.15) is 5.26 Å². The molecule has 0 atom stereocenters. The van der Waals surface area contributed by atoms with Crippen LogP contribution < -0.4 is 5.32 Å². The fraction of sp³-hybridized carbons (Fsp3) is 0.583. The molecule has 1 N–H and O–H groups in total.